The Balaban J connectivity index is 2.20. The minimum Gasteiger partial charge on any atom is -0.354 e. The van der Waals surface area contributed by atoms with Crippen LogP contribution in [0.15, 0.2) is 30.3 Å². The van der Waals surface area contributed by atoms with Crippen LogP contribution in [0, 0.1) is 25.2 Å². The first kappa shape index (κ1) is 15.1. The van der Waals surface area contributed by atoms with E-state index in [1.54, 1.807) is 0 Å². The van der Waals surface area contributed by atoms with Gasteiger partial charge in [0.15, 0.2) is 0 Å². The molecule has 0 amide bonds. The van der Waals surface area contributed by atoms with Crippen molar-refractivity contribution in [3.8, 4) is 6.07 Å². The minimum absolute atomic E-state index is 0.607. The second-order valence-electron chi connectivity index (χ2n) is 5.31. The molecule has 3 heteroatoms. The van der Waals surface area contributed by atoms with E-state index in [4.69, 9.17) is 0 Å². The number of anilines is 2. The van der Waals surface area contributed by atoms with Gasteiger partial charge in [0.1, 0.15) is 6.07 Å². The van der Waals surface area contributed by atoms with E-state index in [0.29, 0.717) is 5.56 Å². The number of pyridine rings is 1. The van der Waals surface area contributed by atoms with Gasteiger partial charge in [-0.1, -0.05) is 25.5 Å². The van der Waals surface area contributed by atoms with Gasteiger partial charge in [-0.3, -0.25) is 4.98 Å². The third-order valence-electron chi connectivity index (χ3n) is 3.49. The SMILES string of the molecule is CCCCc1ccc(Nc2cc(C)nc(C)c2C#N)cc1. The molecule has 1 aromatic carbocycles. The summed E-state index contributed by atoms with van der Waals surface area (Å²) in [6, 6.07) is 12.6. The molecule has 1 aromatic heterocycles. The van der Waals surface area contributed by atoms with Crippen LogP contribution in [0.25, 0.3) is 0 Å². The van der Waals surface area contributed by atoms with E-state index < -0.39 is 0 Å². The van der Waals surface area contributed by atoms with Crippen LogP contribution >= 0.6 is 0 Å². The number of nitrogens with one attached hydrogen (secondary N) is 1. The van der Waals surface area contributed by atoms with Crippen LogP contribution < -0.4 is 5.32 Å². The Morgan fingerprint density at radius 1 is 1.19 bits per heavy atom. The molecule has 0 spiro atoms. The van der Waals surface area contributed by atoms with E-state index >= 15 is 0 Å². The maximum atomic E-state index is 9.28. The number of unbranched alkanes of at least 4 members (excludes halogenated alkanes) is 1. The highest BCUT2D eigenvalue weighted by Crippen LogP contribution is 2.23. The second kappa shape index (κ2) is 6.90. The summed E-state index contributed by atoms with van der Waals surface area (Å²) in [5.41, 5.74) is 5.45. The van der Waals surface area contributed by atoms with E-state index in [9.17, 15) is 5.26 Å². The molecule has 0 saturated heterocycles. The topological polar surface area (TPSA) is 48.7 Å². The number of hydrogen-bond acceptors (Lipinski definition) is 3. The average molecular weight is 279 g/mol. The van der Waals surface area contributed by atoms with Gasteiger partial charge in [0, 0.05) is 11.4 Å². The third-order valence-corrected chi connectivity index (χ3v) is 3.49. The number of aromatic nitrogens is 1. The van der Waals surface area contributed by atoms with Crippen molar-refractivity contribution < 1.29 is 0 Å². The number of nitrogens with zero attached hydrogens (tertiary/aromatic N) is 2. The van der Waals surface area contributed by atoms with Crippen LogP contribution in [0.5, 0.6) is 0 Å². The summed E-state index contributed by atoms with van der Waals surface area (Å²) in [7, 11) is 0. The van der Waals surface area contributed by atoms with Crippen LogP contribution in [0.4, 0.5) is 11.4 Å². The minimum atomic E-state index is 0.607. The summed E-state index contributed by atoms with van der Waals surface area (Å²) < 4.78 is 0. The molecule has 0 fully saturated rings. The third kappa shape index (κ3) is 3.82. The molecule has 1 N–H and O–H groups in total. The van der Waals surface area contributed by atoms with Crippen molar-refractivity contribution in [2.75, 3.05) is 5.32 Å². The Hall–Kier alpha value is -2.34. The van der Waals surface area contributed by atoms with Crippen LogP contribution in [0.2, 0.25) is 0 Å². The van der Waals surface area contributed by atoms with E-state index in [1.807, 2.05) is 19.9 Å². The van der Waals surface area contributed by atoms with Gasteiger partial charge in [-0.25, -0.2) is 0 Å². The molecular formula is C18H21N3. The zero-order valence-corrected chi connectivity index (χ0v) is 12.9. The normalized spacial score (nSPS) is 10.2. The summed E-state index contributed by atoms with van der Waals surface area (Å²) in [5, 5.41) is 12.6. The molecule has 0 bridgehead atoms. The predicted molar refractivity (Wildman–Crippen MR) is 86.8 cm³/mol. The van der Waals surface area contributed by atoms with Gasteiger partial charge in [0.05, 0.1) is 16.9 Å². The first-order chi connectivity index (χ1) is 10.1. The lowest BCUT2D eigenvalue weighted by Crippen LogP contribution is -1.99. The fourth-order valence-electron chi connectivity index (χ4n) is 2.36. The molecule has 2 rings (SSSR count). The summed E-state index contributed by atoms with van der Waals surface area (Å²) in [5.74, 6) is 0. The van der Waals surface area contributed by atoms with Gasteiger partial charge in [-0.15, -0.1) is 0 Å². The fraction of sp³-hybridized carbons (Fsp3) is 0.333. The number of hydrogen-bond donors (Lipinski definition) is 1. The molecule has 0 saturated carbocycles. The Kier molecular flexibility index (Phi) is 4.94. The van der Waals surface area contributed by atoms with Gasteiger partial charge in [-0.2, -0.15) is 5.26 Å². The van der Waals surface area contributed by atoms with Crippen molar-refractivity contribution in [2.24, 2.45) is 0 Å². The molecule has 108 valence electrons. The van der Waals surface area contributed by atoms with E-state index in [2.05, 4.69) is 47.6 Å². The Morgan fingerprint density at radius 2 is 1.90 bits per heavy atom. The number of benzene rings is 1. The van der Waals surface area contributed by atoms with Crippen LogP contribution in [-0.2, 0) is 6.42 Å². The summed E-state index contributed by atoms with van der Waals surface area (Å²) >= 11 is 0. The first-order valence-electron chi connectivity index (χ1n) is 7.38. The van der Waals surface area contributed by atoms with Crippen LogP contribution in [0.3, 0.4) is 0 Å². The molecule has 0 radical (unpaired) electrons. The maximum Gasteiger partial charge on any atom is 0.103 e. The Morgan fingerprint density at radius 3 is 2.52 bits per heavy atom. The molecule has 1 heterocycles. The first-order valence-corrected chi connectivity index (χ1v) is 7.38. The predicted octanol–water partition coefficient (Wildman–Crippen LogP) is 4.66. The van der Waals surface area contributed by atoms with Crippen LogP contribution in [0.1, 0.15) is 42.3 Å². The molecule has 21 heavy (non-hydrogen) atoms. The quantitative estimate of drug-likeness (QED) is 0.866. The van der Waals surface area contributed by atoms with Crippen LogP contribution in [-0.4, -0.2) is 4.98 Å². The Bertz CT molecular complexity index is 651. The Labute approximate surface area is 126 Å². The van der Waals surface area contributed by atoms with Crippen molar-refractivity contribution in [1.82, 2.24) is 4.98 Å². The molecule has 2 aromatic rings. The second-order valence-corrected chi connectivity index (χ2v) is 5.31. The highest BCUT2D eigenvalue weighted by atomic mass is 14.9. The lowest BCUT2D eigenvalue weighted by Gasteiger charge is -2.11. The molecule has 0 atom stereocenters. The summed E-state index contributed by atoms with van der Waals surface area (Å²) in [4.78, 5) is 4.33. The number of rotatable bonds is 5. The largest absolute Gasteiger partial charge is 0.354 e. The molecule has 0 unspecified atom stereocenters. The highest BCUT2D eigenvalue weighted by Gasteiger charge is 2.08. The van der Waals surface area contributed by atoms with E-state index in [0.717, 1.165) is 29.2 Å². The van der Waals surface area contributed by atoms with Gasteiger partial charge >= 0.3 is 0 Å². The zero-order valence-electron chi connectivity index (χ0n) is 12.9. The summed E-state index contributed by atoms with van der Waals surface area (Å²) in [6.07, 6.45) is 3.54. The fourth-order valence-corrected chi connectivity index (χ4v) is 2.36. The lowest BCUT2D eigenvalue weighted by molar-refractivity contribution is 0.795. The van der Waals surface area contributed by atoms with Gasteiger partial charge in [0.2, 0.25) is 0 Å². The molecule has 3 nitrogen and oxygen atoms in total. The molecule has 0 aliphatic carbocycles. The number of aryl methyl sites for hydroxylation is 3. The van der Waals surface area contributed by atoms with E-state index in [-0.39, 0.29) is 0 Å². The molecular weight excluding hydrogens is 258 g/mol. The average Bonchev–Trinajstić information content (AvgIpc) is 2.46. The highest BCUT2D eigenvalue weighted by molar-refractivity contribution is 5.67. The summed E-state index contributed by atoms with van der Waals surface area (Å²) in [6.45, 7) is 6.01. The number of nitriles is 1. The monoisotopic (exact) mass is 279 g/mol. The van der Waals surface area contributed by atoms with Crippen molar-refractivity contribution in [3.05, 3.63) is 52.8 Å². The maximum absolute atomic E-state index is 9.28. The van der Waals surface area contributed by atoms with Crippen molar-refractivity contribution in [1.29, 1.82) is 5.26 Å². The van der Waals surface area contributed by atoms with E-state index in [1.165, 1.54) is 18.4 Å². The molecule has 0 aliphatic heterocycles. The van der Waals surface area contributed by atoms with Crippen molar-refractivity contribution >= 4 is 11.4 Å². The van der Waals surface area contributed by atoms with Gasteiger partial charge in [0.25, 0.3) is 0 Å². The molecule has 0 aliphatic rings. The van der Waals surface area contributed by atoms with Crippen molar-refractivity contribution in [3.63, 3.8) is 0 Å². The zero-order chi connectivity index (χ0) is 15.2. The van der Waals surface area contributed by atoms with Gasteiger partial charge < -0.3 is 5.32 Å². The lowest BCUT2D eigenvalue weighted by atomic mass is 10.1. The van der Waals surface area contributed by atoms with Gasteiger partial charge in [-0.05, 0) is 50.5 Å². The standard InChI is InChI=1S/C18H21N3/c1-4-5-6-15-7-9-16(10-8-15)21-18-11-13(2)20-14(3)17(18)12-19/h7-11H,4-6H2,1-3H3,(H,20,21). The smallest absolute Gasteiger partial charge is 0.103 e. The van der Waals surface area contributed by atoms with Crippen molar-refractivity contribution in [2.45, 2.75) is 40.0 Å².